The zero-order valence-corrected chi connectivity index (χ0v) is 9.87. The number of rotatable bonds is 6. The SMILES string of the molecule is O=C(NCC[C@H](O)C(=O)O)NCc1ccsc1. The van der Waals surface area contributed by atoms with Crippen molar-refractivity contribution in [1.29, 1.82) is 0 Å². The van der Waals surface area contributed by atoms with Crippen LogP contribution in [0.15, 0.2) is 16.8 Å². The molecule has 17 heavy (non-hydrogen) atoms. The van der Waals surface area contributed by atoms with Gasteiger partial charge in [-0.3, -0.25) is 0 Å². The highest BCUT2D eigenvalue weighted by Gasteiger charge is 2.12. The molecule has 4 N–H and O–H groups in total. The molecule has 0 aromatic carbocycles. The summed E-state index contributed by atoms with van der Waals surface area (Å²) in [5.41, 5.74) is 1.01. The molecule has 0 unspecified atom stereocenters. The van der Waals surface area contributed by atoms with E-state index in [0.717, 1.165) is 5.56 Å². The van der Waals surface area contributed by atoms with E-state index in [0.29, 0.717) is 6.54 Å². The van der Waals surface area contributed by atoms with E-state index in [2.05, 4.69) is 10.6 Å². The first-order chi connectivity index (χ1) is 8.09. The Bertz CT molecular complexity index is 366. The second kappa shape index (κ2) is 6.87. The summed E-state index contributed by atoms with van der Waals surface area (Å²) in [6, 6.07) is 1.52. The van der Waals surface area contributed by atoms with Crippen LogP contribution in [0.4, 0.5) is 4.79 Å². The van der Waals surface area contributed by atoms with Crippen molar-refractivity contribution >= 4 is 23.3 Å². The van der Waals surface area contributed by atoms with Gasteiger partial charge in [0.2, 0.25) is 0 Å². The molecule has 0 aliphatic heterocycles. The van der Waals surface area contributed by atoms with Gasteiger partial charge in [-0.15, -0.1) is 0 Å². The lowest BCUT2D eigenvalue weighted by molar-refractivity contribution is -0.146. The minimum atomic E-state index is -1.44. The summed E-state index contributed by atoms with van der Waals surface area (Å²) >= 11 is 1.55. The van der Waals surface area contributed by atoms with Gasteiger partial charge in [0, 0.05) is 19.5 Å². The van der Waals surface area contributed by atoms with Crippen LogP contribution < -0.4 is 10.6 Å². The number of aliphatic hydroxyl groups excluding tert-OH is 1. The fourth-order valence-corrected chi connectivity index (χ4v) is 1.75. The van der Waals surface area contributed by atoms with Crippen LogP contribution in [0, 0.1) is 0 Å². The molecule has 2 amide bonds. The fraction of sp³-hybridized carbons (Fsp3) is 0.400. The largest absolute Gasteiger partial charge is 0.479 e. The van der Waals surface area contributed by atoms with Crippen LogP contribution in [0.2, 0.25) is 0 Å². The van der Waals surface area contributed by atoms with E-state index in [-0.39, 0.29) is 19.0 Å². The van der Waals surface area contributed by atoms with Gasteiger partial charge in [-0.1, -0.05) is 0 Å². The third-order valence-electron chi connectivity index (χ3n) is 2.02. The lowest BCUT2D eigenvalue weighted by Gasteiger charge is -2.08. The molecule has 7 heteroatoms. The molecule has 1 aromatic heterocycles. The third-order valence-corrected chi connectivity index (χ3v) is 2.75. The molecule has 6 nitrogen and oxygen atoms in total. The zero-order chi connectivity index (χ0) is 12.7. The minimum absolute atomic E-state index is 0.0127. The first-order valence-corrected chi connectivity index (χ1v) is 5.97. The van der Waals surface area contributed by atoms with Gasteiger partial charge in [0.25, 0.3) is 0 Å². The molecule has 1 aromatic rings. The fourth-order valence-electron chi connectivity index (χ4n) is 1.08. The monoisotopic (exact) mass is 258 g/mol. The van der Waals surface area contributed by atoms with Crippen molar-refractivity contribution in [2.24, 2.45) is 0 Å². The number of carbonyl (C=O) groups is 2. The highest BCUT2D eigenvalue weighted by molar-refractivity contribution is 7.07. The van der Waals surface area contributed by atoms with E-state index < -0.39 is 12.1 Å². The summed E-state index contributed by atoms with van der Waals surface area (Å²) in [6.07, 6.45) is -1.45. The molecule has 1 rings (SSSR count). The predicted octanol–water partition coefficient (Wildman–Crippen LogP) is 0.383. The van der Waals surface area contributed by atoms with E-state index in [1.807, 2.05) is 16.8 Å². The Labute approximate surface area is 102 Å². The first kappa shape index (κ1) is 13.5. The van der Waals surface area contributed by atoms with Gasteiger partial charge >= 0.3 is 12.0 Å². The molecule has 0 radical (unpaired) electrons. The second-order valence-corrected chi connectivity index (χ2v) is 4.16. The van der Waals surface area contributed by atoms with E-state index in [1.165, 1.54) is 0 Å². The number of thiophene rings is 1. The maximum absolute atomic E-state index is 11.2. The summed E-state index contributed by atoms with van der Waals surface area (Å²) in [4.78, 5) is 21.5. The van der Waals surface area contributed by atoms with Crippen LogP contribution in [0.3, 0.4) is 0 Å². The molecule has 94 valence electrons. The molecule has 0 saturated heterocycles. The van der Waals surface area contributed by atoms with Crippen molar-refractivity contribution in [1.82, 2.24) is 10.6 Å². The van der Waals surface area contributed by atoms with Gasteiger partial charge in [-0.2, -0.15) is 11.3 Å². The van der Waals surface area contributed by atoms with Gasteiger partial charge in [0.15, 0.2) is 6.10 Å². The van der Waals surface area contributed by atoms with Crippen molar-refractivity contribution in [3.8, 4) is 0 Å². The maximum Gasteiger partial charge on any atom is 0.332 e. The van der Waals surface area contributed by atoms with Crippen LogP contribution >= 0.6 is 11.3 Å². The second-order valence-electron chi connectivity index (χ2n) is 3.38. The molecule has 0 bridgehead atoms. The average molecular weight is 258 g/mol. The minimum Gasteiger partial charge on any atom is -0.479 e. The lowest BCUT2D eigenvalue weighted by Crippen LogP contribution is -2.37. The molecular weight excluding hydrogens is 244 g/mol. The van der Waals surface area contributed by atoms with Crippen LogP contribution in [-0.4, -0.2) is 34.9 Å². The normalized spacial score (nSPS) is 11.8. The Morgan fingerprint density at radius 3 is 2.76 bits per heavy atom. The van der Waals surface area contributed by atoms with Crippen molar-refractivity contribution < 1.29 is 19.8 Å². The molecule has 0 spiro atoms. The number of hydrogen-bond donors (Lipinski definition) is 4. The van der Waals surface area contributed by atoms with Gasteiger partial charge in [-0.25, -0.2) is 9.59 Å². The van der Waals surface area contributed by atoms with Crippen LogP contribution in [0.25, 0.3) is 0 Å². The van der Waals surface area contributed by atoms with Gasteiger partial charge in [0.1, 0.15) is 0 Å². The Morgan fingerprint density at radius 1 is 1.41 bits per heavy atom. The molecule has 1 heterocycles. The molecular formula is C10H14N2O4S. The quantitative estimate of drug-likeness (QED) is 0.593. The standard InChI is InChI=1S/C10H14N2O4S/c13-8(9(14)15)1-3-11-10(16)12-5-7-2-4-17-6-7/h2,4,6,8,13H,1,3,5H2,(H,14,15)(H2,11,12,16)/t8-/m0/s1. The van der Waals surface area contributed by atoms with Crippen molar-refractivity contribution in [3.05, 3.63) is 22.4 Å². The zero-order valence-electron chi connectivity index (χ0n) is 9.05. The van der Waals surface area contributed by atoms with E-state index in [9.17, 15) is 9.59 Å². The Kier molecular flexibility index (Phi) is 5.44. The average Bonchev–Trinajstić information content (AvgIpc) is 2.78. The van der Waals surface area contributed by atoms with Gasteiger partial charge in [0.05, 0.1) is 0 Å². The van der Waals surface area contributed by atoms with Crippen LogP contribution in [0.1, 0.15) is 12.0 Å². The number of hydrogen-bond acceptors (Lipinski definition) is 4. The summed E-state index contributed by atoms with van der Waals surface area (Å²) in [6.45, 7) is 0.541. The van der Waals surface area contributed by atoms with E-state index >= 15 is 0 Å². The summed E-state index contributed by atoms with van der Waals surface area (Å²) in [5.74, 6) is -1.29. The lowest BCUT2D eigenvalue weighted by atomic mass is 10.2. The van der Waals surface area contributed by atoms with Gasteiger partial charge in [-0.05, 0) is 22.4 Å². The number of carboxylic acid groups (broad SMARTS) is 1. The predicted molar refractivity (Wildman–Crippen MR) is 62.8 cm³/mol. The Balaban J connectivity index is 2.11. The molecule has 0 aliphatic rings. The number of urea groups is 1. The maximum atomic E-state index is 11.2. The highest BCUT2D eigenvalue weighted by atomic mass is 32.1. The van der Waals surface area contributed by atoms with Crippen molar-refractivity contribution in [3.63, 3.8) is 0 Å². The molecule has 0 fully saturated rings. The number of amides is 2. The van der Waals surface area contributed by atoms with Crippen molar-refractivity contribution in [2.45, 2.75) is 19.1 Å². The van der Waals surface area contributed by atoms with E-state index in [4.69, 9.17) is 10.2 Å². The summed E-state index contributed by atoms with van der Waals surface area (Å²) in [5, 5.41) is 26.3. The number of carbonyl (C=O) groups excluding carboxylic acids is 1. The van der Waals surface area contributed by atoms with E-state index in [1.54, 1.807) is 11.3 Å². The number of nitrogens with one attached hydrogen (secondary N) is 2. The van der Waals surface area contributed by atoms with Crippen LogP contribution in [0.5, 0.6) is 0 Å². The third kappa shape index (κ3) is 5.32. The molecule has 1 atom stereocenters. The topological polar surface area (TPSA) is 98.7 Å². The van der Waals surface area contributed by atoms with Gasteiger partial charge < -0.3 is 20.8 Å². The summed E-state index contributed by atoms with van der Waals surface area (Å²) in [7, 11) is 0. The highest BCUT2D eigenvalue weighted by Crippen LogP contribution is 2.04. The number of aliphatic carboxylic acids is 1. The number of carboxylic acids is 1. The van der Waals surface area contributed by atoms with Crippen LogP contribution in [-0.2, 0) is 11.3 Å². The Hall–Kier alpha value is -1.60. The summed E-state index contributed by atoms with van der Waals surface area (Å²) < 4.78 is 0. The number of aliphatic hydroxyl groups is 1. The first-order valence-electron chi connectivity index (χ1n) is 5.03. The van der Waals surface area contributed by atoms with Crippen molar-refractivity contribution in [2.75, 3.05) is 6.54 Å². The Morgan fingerprint density at radius 2 is 2.18 bits per heavy atom. The molecule has 0 aliphatic carbocycles. The smallest absolute Gasteiger partial charge is 0.332 e. The molecule has 0 saturated carbocycles.